The Hall–Kier alpha value is -2.90. The maximum Gasteiger partial charge on any atom is 0.248 e. The van der Waals surface area contributed by atoms with Gasteiger partial charge in [-0.25, -0.2) is 21.6 Å². The summed E-state index contributed by atoms with van der Waals surface area (Å²) in [5.74, 6) is -0.753. The number of rotatable bonds is 6. The largest absolute Gasteiger partial charge is 0.302 e. The first-order valence-electron chi connectivity index (χ1n) is 8.69. The van der Waals surface area contributed by atoms with Gasteiger partial charge in [0.1, 0.15) is 11.6 Å². The molecule has 1 heterocycles. The number of aromatic nitrogens is 1. The van der Waals surface area contributed by atoms with Crippen molar-refractivity contribution in [2.45, 2.75) is 24.3 Å². The second-order valence-corrected chi connectivity index (χ2v) is 9.41. The van der Waals surface area contributed by atoms with Crippen LogP contribution < -0.4 is 4.80 Å². The number of sulfone groups is 1. The highest BCUT2D eigenvalue weighted by atomic mass is 32.2. The normalized spacial score (nSPS) is 12.3. The number of thiazole rings is 1. The number of terminal acetylenes is 1. The molecular weight excluding hydrogens is 437 g/mol. The first-order valence-corrected chi connectivity index (χ1v) is 11.2. The fourth-order valence-electron chi connectivity index (χ4n) is 2.79. The quantitative estimate of drug-likeness (QED) is 0.425. The third-order valence-corrected chi connectivity index (χ3v) is 6.98. The highest BCUT2D eigenvalue weighted by Crippen LogP contribution is 2.22. The van der Waals surface area contributed by atoms with E-state index in [9.17, 15) is 26.4 Å². The lowest BCUT2D eigenvalue weighted by atomic mass is 10.3. The molecule has 5 nitrogen and oxygen atoms in total. The molecule has 10 heteroatoms. The maximum atomic E-state index is 14.2. The van der Waals surface area contributed by atoms with Crippen molar-refractivity contribution in [3.05, 3.63) is 58.7 Å². The van der Waals surface area contributed by atoms with Crippen LogP contribution >= 0.6 is 11.3 Å². The summed E-state index contributed by atoms with van der Waals surface area (Å²) in [6, 6.07) is 6.24. The van der Waals surface area contributed by atoms with Crippen LogP contribution in [0.5, 0.6) is 0 Å². The minimum atomic E-state index is -3.67. The number of carbonyl (C=O) groups is 1. The van der Waals surface area contributed by atoms with Crippen LogP contribution in [-0.2, 0) is 21.2 Å². The maximum absolute atomic E-state index is 14.2. The second kappa shape index (κ2) is 8.85. The molecule has 0 aliphatic carbocycles. The Labute approximate surface area is 174 Å². The van der Waals surface area contributed by atoms with Crippen LogP contribution in [0.1, 0.15) is 12.8 Å². The van der Waals surface area contributed by atoms with E-state index in [1.165, 1.54) is 4.57 Å². The predicted molar refractivity (Wildman–Crippen MR) is 107 cm³/mol. The fraction of sp³-hybridized carbons (Fsp3) is 0.200. The van der Waals surface area contributed by atoms with Crippen molar-refractivity contribution in [2.75, 3.05) is 5.75 Å². The van der Waals surface area contributed by atoms with Gasteiger partial charge in [0.25, 0.3) is 0 Å². The molecule has 0 saturated carbocycles. The number of carbonyl (C=O) groups excluding carboxylic acids is 1. The Balaban J connectivity index is 1.79. The van der Waals surface area contributed by atoms with Crippen molar-refractivity contribution in [3.8, 4) is 12.3 Å². The van der Waals surface area contributed by atoms with Gasteiger partial charge in [0.2, 0.25) is 5.91 Å². The zero-order chi connectivity index (χ0) is 21.9. The first-order chi connectivity index (χ1) is 14.2. The topological polar surface area (TPSA) is 68.5 Å². The molecule has 0 unspecified atom stereocenters. The smallest absolute Gasteiger partial charge is 0.248 e. The molecule has 0 spiro atoms. The van der Waals surface area contributed by atoms with Gasteiger partial charge in [-0.15, -0.1) is 6.42 Å². The number of hydrogen-bond acceptors (Lipinski definition) is 4. The van der Waals surface area contributed by atoms with E-state index in [0.717, 1.165) is 41.7 Å². The Bertz CT molecular complexity index is 1320. The molecule has 156 valence electrons. The number of fused-ring (bicyclic) bond motifs is 1. The van der Waals surface area contributed by atoms with E-state index in [2.05, 4.69) is 10.9 Å². The molecule has 2 aromatic carbocycles. The highest BCUT2D eigenvalue weighted by Gasteiger charge is 2.16. The molecule has 1 aromatic heterocycles. The average Bonchev–Trinajstić information content (AvgIpc) is 2.99. The SMILES string of the molecule is C#CCn1c(=NC(=O)CCCS(=O)(=O)c2ccc(F)cc2)sc2cc(F)cc(F)c21. The highest BCUT2D eigenvalue weighted by molar-refractivity contribution is 7.91. The third-order valence-electron chi connectivity index (χ3n) is 4.14. The van der Waals surface area contributed by atoms with Gasteiger partial charge in [-0.3, -0.25) is 4.79 Å². The number of halogens is 3. The van der Waals surface area contributed by atoms with Gasteiger partial charge in [0.05, 0.1) is 27.4 Å². The van der Waals surface area contributed by atoms with Gasteiger partial charge in [-0.05, 0) is 36.8 Å². The summed E-state index contributed by atoms with van der Waals surface area (Å²) >= 11 is 0.904. The molecule has 0 saturated heterocycles. The van der Waals surface area contributed by atoms with Crippen LogP contribution in [-0.4, -0.2) is 24.6 Å². The van der Waals surface area contributed by atoms with Crippen LogP contribution in [0.2, 0.25) is 0 Å². The lowest BCUT2D eigenvalue weighted by molar-refractivity contribution is -0.118. The lowest BCUT2D eigenvalue weighted by Gasteiger charge is -2.03. The molecular formula is C20H15F3N2O3S2. The van der Waals surface area contributed by atoms with Crippen molar-refractivity contribution in [3.63, 3.8) is 0 Å². The van der Waals surface area contributed by atoms with Crippen LogP contribution in [0.4, 0.5) is 13.2 Å². The summed E-state index contributed by atoms with van der Waals surface area (Å²) in [5.41, 5.74) is 0.0461. The van der Waals surface area contributed by atoms with Crippen molar-refractivity contribution >= 4 is 37.3 Å². The van der Waals surface area contributed by atoms with Crippen LogP contribution in [0.15, 0.2) is 46.3 Å². The molecule has 0 fully saturated rings. The van der Waals surface area contributed by atoms with E-state index < -0.39 is 33.2 Å². The number of amides is 1. The Morgan fingerprint density at radius 3 is 2.50 bits per heavy atom. The van der Waals surface area contributed by atoms with Gasteiger partial charge in [0, 0.05) is 12.5 Å². The van der Waals surface area contributed by atoms with Crippen LogP contribution in [0.25, 0.3) is 10.2 Å². The Kier molecular flexibility index (Phi) is 6.43. The van der Waals surface area contributed by atoms with Gasteiger partial charge >= 0.3 is 0 Å². The van der Waals surface area contributed by atoms with E-state index in [1.54, 1.807) is 0 Å². The molecule has 0 aliphatic rings. The van der Waals surface area contributed by atoms with E-state index in [-0.39, 0.29) is 45.1 Å². The first kappa shape index (κ1) is 21.8. The van der Waals surface area contributed by atoms with E-state index in [4.69, 9.17) is 6.42 Å². The van der Waals surface area contributed by atoms with Crippen LogP contribution in [0, 0.1) is 29.8 Å². The molecule has 0 atom stereocenters. The average molecular weight is 452 g/mol. The minimum Gasteiger partial charge on any atom is -0.302 e. The summed E-state index contributed by atoms with van der Waals surface area (Å²) in [6.45, 7) is -0.0758. The minimum absolute atomic E-state index is 0.00886. The molecule has 0 aliphatic heterocycles. The zero-order valence-electron chi connectivity index (χ0n) is 15.4. The van der Waals surface area contributed by atoms with Crippen molar-refractivity contribution in [1.29, 1.82) is 0 Å². The molecule has 30 heavy (non-hydrogen) atoms. The van der Waals surface area contributed by atoms with Crippen molar-refractivity contribution in [2.24, 2.45) is 4.99 Å². The van der Waals surface area contributed by atoms with Gasteiger partial charge in [-0.2, -0.15) is 4.99 Å². The molecule has 3 rings (SSSR count). The van der Waals surface area contributed by atoms with E-state index in [0.29, 0.717) is 6.07 Å². The predicted octanol–water partition coefficient (Wildman–Crippen LogP) is 3.43. The lowest BCUT2D eigenvalue weighted by Crippen LogP contribution is -2.17. The second-order valence-electron chi connectivity index (χ2n) is 6.29. The zero-order valence-corrected chi connectivity index (χ0v) is 17.1. The fourth-order valence-corrected chi connectivity index (χ4v) is 5.19. The standard InChI is InChI=1S/C20H15F3N2O3S2/c1-2-9-25-19-16(23)11-14(22)12-17(19)29-20(25)24-18(26)4-3-10-30(27,28)15-7-5-13(21)6-8-15/h1,5-8,11-12H,3-4,9-10H2. The van der Waals surface area contributed by atoms with Crippen LogP contribution in [0.3, 0.4) is 0 Å². The monoisotopic (exact) mass is 452 g/mol. The summed E-state index contributed by atoms with van der Waals surface area (Å²) < 4.78 is 66.6. The van der Waals surface area contributed by atoms with Gasteiger partial charge < -0.3 is 4.57 Å². The molecule has 0 N–H and O–H groups in total. The Morgan fingerprint density at radius 2 is 1.83 bits per heavy atom. The molecule has 1 amide bonds. The number of benzene rings is 2. The molecule has 0 bridgehead atoms. The Morgan fingerprint density at radius 1 is 1.13 bits per heavy atom. The molecule has 3 aromatic rings. The summed E-state index contributed by atoms with van der Waals surface area (Å²) in [6.07, 6.45) is 5.12. The van der Waals surface area contributed by atoms with Crippen molar-refractivity contribution in [1.82, 2.24) is 4.57 Å². The van der Waals surface area contributed by atoms with E-state index in [1.807, 2.05) is 0 Å². The third kappa shape index (κ3) is 4.80. The van der Waals surface area contributed by atoms with Gasteiger partial charge in [-0.1, -0.05) is 17.3 Å². The number of nitrogens with zero attached hydrogens (tertiary/aromatic N) is 2. The summed E-state index contributed by atoms with van der Waals surface area (Å²) in [7, 11) is -3.67. The summed E-state index contributed by atoms with van der Waals surface area (Å²) in [5, 5.41) is 0. The summed E-state index contributed by atoms with van der Waals surface area (Å²) in [4.78, 5) is 16.2. The van der Waals surface area contributed by atoms with Gasteiger partial charge in [0.15, 0.2) is 20.5 Å². The van der Waals surface area contributed by atoms with Crippen molar-refractivity contribution < 1.29 is 26.4 Å². The van der Waals surface area contributed by atoms with E-state index >= 15 is 0 Å². The molecule has 0 radical (unpaired) electrons. The number of hydrogen-bond donors (Lipinski definition) is 0.